The van der Waals surface area contributed by atoms with Crippen molar-refractivity contribution < 1.29 is 19.2 Å². The predicted octanol–water partition coefficient (Wildman–Crippen LogP) is -0.0611. The van der Waals surface area contributed by atoms with Crippen LogP contribution in [0.25, 0.3) is 0 Å². The fourth-order valence-electron chi connectivity index (χ4n) is 2.12. The van der Waals surface area contributed by atoms with Crippen LogP contribution in [0.5, 0.6) is 5.75 Å². The van der Waals surface area contributed by atoms with Crippen molar-refractivity contribution in [1.29, 1.82) is 0 Å². The van der Waals surface area contributed by atoms with Gasteiger partial charge in [-0.25, -0.2) is 0 Å². The van der Waals surface area contributed by atoms with Crippen LogP contribution in [-0.4, -0.2) is 45.9 Å². The molecule has 0 aromatic heterocycles. The Morgan fingerprint density at radius 1 is 1.42 bits per heavy atom. The number of rotatable bonds is 5. The molecule has 1 amide bonds. The maximum Gasteiger partial charge on any atom is 0.230 e. The van der Waals surface area contributed by atoms with E-state index in [1.807, 2.05) is 24.3 Å². The topological polar surface area (TPSA) is 52.0 Å². The van der Waals surface area contributed by atoms with Gasteiger partial charge in [-0.15, -0.1) is 0 Å². The quantitative estimate of drug-likeness (QED) is 0.784. The van der Waals surface area contributed by atoms with Crippen molar-refractivity contribution in [3.8, 4) is 5.75 Å². The molecule has 19 heavy (non-hydrogen) atoms. The molecule has 1 aromatic rings. The lowest BCUT2D eigenvalue weighted by molar-refractivity contribution is -0.907. The number of amides is 1. The number of hydrogen-bond acceptors (Lipinski definition) is 3. The van der Waals surface area contributed by atoms with Gasteiger partial charge in [0.2, 0.25) is 5.91 Å². The monoisotopic (exact) mass is 265 g/mol. The number of benzene rings is 1. The summed E-state index contributed by atoms with van der Waals surface area (Å²) in [5.74, 6) is 0.795. The van der Waals surface area contributed by atoms with Gasteiger partial charge in [0, 0.05) is 11.8 Å². The van der Waals surface area contributed by atoms with Crippen LogP contribution in [-0.2, 0) is 9.53 Å². The number of quaternary nitrogens is 1. The zero-order valence-electron chi connectivity index (χ0n) is 11.3. The molecule has 2 N–H and O–H groups in total. The molecule has 1 heterocycles. The summed E-state index contributed by atoms with van der Waals surface area (Å²) < 4.78 is 10.4. The lowest BCUT2D eigenvalue weighted by atomic mass is 10.2. The molecule has 5 heteroatoms. The van der Waals surface area contributed by atoms with Crippen LogP contribution < -0.4 is 15.0 Å². The third-order valence-corrected chi connectivity index (χ3v) is 3.26. The summed E-state index contributed by atoms with van der Waals surface area (Å²) in [6.07, 6.45) is 0.534. The van der Waals surface area contributed by atoms with E-state index in [0.29, 0.717) is 6.42 Å². The number of anilines is 1. The molecule has 0 radical (unpaired) electrons. The normalized spacial score (nSPS) is 16.1. The fourth-order valence-corrected chi connectivity index (χ4v) is 2.12. The Labute approximate surface area is 113 Å². The number of nitrogens with one attached hydrogen (secondary N) is 2. The molecule has 1 aromatic carbocycles. The van der Waals surface area contributed by atoms with Gasteiger partial charge in [0.15, 0.2) is 0 Å². The number of methoxy groups -OCH3 is 1. The number of hydrogen-bond donors (Lipinski definition) is 2. The van der Waals surface area contributed by atoms with Gasteiger partial charge in [0.05, 0.1) is 33.3 Å². The molecule has 1 saturated heterocycles. The summed E-state index contributed by atoms with van der Waals surface area (Å²) in [7, 11) is 1.61. The lowest BCUT2D eigenvalue weighted by Gasteiger charge is -2.23. The first-order valence-electron chi connectivity index (χ1n) is 6.63. The van der Waals surface area contributed by atoms with Crippen LogP contribution >= 0.6 is 0 Å². The van der Waals surface area contributed by atoms with Crippen molar-refractivity contribution in [2.24, 2.45) is 0 Å². The molecule has 1 aliphatic heterocycles. The summed E-state index contributed by atoms with van der Waals surface area (Å²) in [6, 6.07) is 7.40. The van der Waals surface area contributed by atoms with E-state index in [0.717, 1.165) is 44.3 Å². The highest BCUT2D eigenvalue weighted by Gasteiger charge is 2.15. The average Bonchev–Trinajstić information content (AvgIpc) is 2.46. The molecule has 0 bridgehead atoms. The van der Waals surface area contributed by atoms with Crippen LogP contribution in [0.2, 0.25) is 0 Å². The molecular weight excluding hydrogens is 244 g/mol. The molecule has 104 valence electrons. The highest BCUT2D eigenvalue weighted by molar-refractivity contribution is 5.90. The summed E-state index contributed by atoms with van der Waals surface area (Å²) in [4.78, 5) is 13.3. The molecule has 1 fully saturated rings. The summed E-state index contributed by atoms with van der Waals surface area (Å²) >= 11 is 0. The van der Waals surface area contributed by atoms with E-state index in [9.17, 15) is 4.79 Å². The Morgan fingerprint density at radius 3 is 2.95 bits per heavy atom. The zero-order chi connectivity index (χ0) is 13.5. The van der Waals surface area contributed by atoms with Gasteiger partial charge in [0.1, 0.15) is 18.8 Å². The largest absolute Gasteiger partial charge is 0.497 e. The van der Waals surface area contributed by atoms with Crippen molar-refractivity contribution >= 4 is 11.6 Å². The van der Waals surface area contributed by atoms with Crippen molar-refractivity contribution in [3.05, 3.63) is 24.3 Å². The first-order valence-corrected chi connectivity index (χ1v) is 6.63. The van der Waals surface area contributed by atoms with Gasteiger partial charge >= 0.3 is 0 Å². The Hall–Kier alpha value is -1.59. The van der Waals surface area contributed by atoms with Crippen molar-refractivity contribution in [2.75, 3.05) is 45.3 Å². The third-order valence-electron chi connectivity index (χ3n) is 3.26. The molecule has 0 spiro atoms. The number of carbonyl (C=O) groups is 1. The first kappa shape index (κ1) is 13.8. The Kier molecular flexibility index (Phi) is 5.18. The van der Waals surface area contributed by atoms with E-state index in [1.165, 1.54) is 4.90 Å². The molecule has 2 rings (SSSR count). The van der Waals surface area contributed by atoms with Crippen LogP contribution in [0.3, 0.4) is 0 Å². The van der Waals surface area contributed by atoms with E-state index >= 15 is 0 Å². The van der Waals surface area contributed by atoms with Crippen LogP contribution in [0.15, 0.2) is 24.3 Å². The minimum absolute atomic E-state index is 0.0484. The van der Waals surface area contributed by atoms with E-state index in [1.54, 1.807) is 7.11 Å². The Morgan fingerprint density at radius 2 is 2.21 bits per heavy atom. The van der Waals surface area contributed by atoms with Crippen molar-refractivity contribution in [3.63, 3.8) is 0 Å². The second kappa shape index (κ2) is 7.11. The molecule has 0 aliphatic carbocycles. The van der Waals surface area contributed by atoms with Crippen molar-refractivity contribution in [1.82, 2.24) is 0 Å². The first-order chi connectivity index (χ1) is 9.28. The van der Waals surface area contributed by atoms with E-state index in [-0.39, 0.29) is 5.91 Å². The molecular formula is C14H21N2O3+. The highest BCUT2D eigenvalue weighted by atomic mass is 16.5. The Bertz CT molecular complexity index is 417. The number of morpholine rings is 1. The van der Waals surface area contributed by atoms with E-state index < -0.39 is 0 Å². The maximum atomic E-state index is 11.9. The lowest BCUT2D eigenvalue weighted by Crippen LogP contribution is -3.14. The average molecular weight is 265 g/mol. The zero-order valence-corrected chi connectivity index (χ0v) is 11.3. The van der Waals surface area contributed by atoms with E-state index in [4.69, 9.17) is 9.47 Å². The SMILES string of the molecule is COc1cccc(NC(=O)CC[NH+]2CCOCC2)c1. The van der Waals surface area contributed by atoms with Gasteiger partial charge in [0.25, 0.3) is 0 Å². The second-order valence-electron chi connectivity index (χ2n) is 4.64. The standard InChI is InChI=1S/C14H20N2O3/c1-18-13-4-2-3-12(11-13)15-14(17)5-6-16-7-9-19-10-8-16/h2-4,11H,5-10H2,1H3,(H,15,17)/p+1. The summed E-state index contributed by atoms with van der Waals surface area (Å²) in [5.41, 5.74) is 0.779. The maximum absolute atomic E-state index is 11.9. The molecule has 5 nitrogen and oxygen atoms in total. The van der Waals surface area contributed by atoms with Crippen molar-refractivity contribution in [2.45, 2.75) is 6.42 Å². The van der Waals surface area contributed by atoms with Gasteiger partial charge in [-0.3, -0.25) is 4.79 Å². The third kappa shape index (κ3) is 4.54. The summed E-state index contributed by atoms with van der Waals surface area (Å²) in [6.45, 7) is 4.44. The minimum atomic E-state index is 0.0484. The highest BCUT2D eigenvalue weighted by Crippen LogP contribution is 2.16. The smallest absolute Gasteiger partial charge is 0.230 e. The van der Waals surface area contributed by atoms with Gasteiger partial charge < -0.3 is 19.7 Å². The Balaban J connectivity index is 1.76. The number of carbonyl (C=O) groups excluding carboxylic acids is 1. The molecule has 0 unspecified atom stereocenters. The van der Waals surface area contributed by atoms with Crippen LogP contribution in [0.4, 0.5) is 5.69 Å². The fraction of sp³-hybridized carbons (Fsp3) is 0.500. The van der Waals surface area contributed by atoms with Crippen LogP contribution in [0, 0.1) is 0 Å². The van der Waals surface area contributed by atoms with E-state index in [2.05, 4.69) is 5.32 Å². The molecule has 0 saturated carbocycles. The van der Waals surface area contributed by atoms with Gasteiger partial charge in [-0.2, -0.15) is 0 Å². The number of ether oxygens (including phenoxy) is 2. The van der Waals surface area contributed by atoms with Crippen LogP contribution in [0.1, 0.15) is 6.42 Å². The van der Waals surface area contributed by atoms with Gasteiger partial charge in [-0.05, 0) is 12.1 Å². The summed E-state index contributed by atoms with van der Waals surface area (Å²) in [5, 5.41) is 2.89. The molecule has 0 atom stereocenters. The predicted molar refractivity (Wildman–Crippen MR) is 72.6 cm³/mol. The van der Waals surface area contributed by atoms with Gasteiger partial charge in [-0.1, -0.05) is 6.07 Å². The minimum Gasteiger partial charge on any atom is -0.497 e. The second-order valence-corrected chi connectivity index (χ2v) is 4.64. The molecule has 1 aliphatic rings.